The highest BCUT2D eigenvalue weighted by Crippen LogP contribution is 2.26. The first-order chi connectivity index (χ1) is 14.4. The van der Waals surface area contributed by atoms with Gasteiger partial charge in [0.1, 0.15) is 5.76 Å². The van der Waals surface area contributed by atoms with Crippen molar-refractivity contribution >= 4 is 31.9 Å². The Bertz CT molecular complexity index is 953. The van der Waals surface area contributed by atoms with E-state index in [4.69, 9.17) is 4.42 Å². The highest BCUT2D eigenvalue weighted by atomic mass is 79.9. The fourth-order valence-electron chi connectivity index (χ4n) is 3.76. The molecule has 1 unspecified atom stereocenters. The monoisotopic (exact) mass is 497 g/mol. The van der Waals surface area contributed by atoms with Gasteiger partial charge in [0.25, 0.3) is 5.91 Å². The van der Waals surface area contributed by atoms with E-state index in [0.29, 0.717) is 29.7 Å². The number of benzene rings is 1. The first kappa shape index (κ1) is 23.0. The Morgan fingerprint density at radius 3 is 2.53 bits per heavy atom. The Labute approximate surface area is 186 Å². The van der Waals surface area contributed by atoms with Gasteiger partial charge in [-0.15, -0.1) is 0 Å². The van der Waals surface area contributed by atoms with E-state index in [2.05, 4.69) is 40.0 Å². The number of likely N-dealkylation sites (N-methyl/N-ethyl adjacent to an activating group) is 1. The molecule has 1 aromatic heterocycles. The summed E-state index contributed by atoms with van der Waals surface area (Å²) in [4.78, 5) is 15.3. The number of halogens is 1. The first-order valence-corrected chi connectivity index (χ1v) is 12.5. The van der Waals surface area contributed by atoms with Gasteiger partial charge in [-0.2, -0.15) is 4.31 Å². The summed E-state index contributed by atoms with van der Waals surface area (Å²) in [5, 5.41) is 2.95. The van der Waals surface area contributed by atoms with Crippen LogP contribution in [0.15, 0.2) is 50.4 Å². The molecule has 1 atom stereocenters. The lowest BCUT2D eigenvalue weighted by Crippen LogP contribution is -2.38. The molecular weight excluding hydrogens is 470 g/mol. The minimum absolute atomic E-state index is 0.103. The molecule has 2 aromatic rings. The molecule has 0 radical (unpaired) electrons. The number of nitrogens with one attached hydrogen (secondary N) is 1. The molecule has 0 spiro atoms. The number of rotatable bonds is 9. The van der Waals surface area contributed by atoms with Crippen LogP contribution in [-0.2, 0) is 10.0 Å². The quantitative estimate of drug-likeness (QED) is 0.571. The zero-order chi connectivity index (χ0) is 21.7. The summed E-state index contributed by atoms with van der Waals surface area (Å²) in [7, 11) is -3.59. The van der Waals surface area contributed by atoms with Crippen LogP contribution < -0.4 is 5.32 Å². The number of carbonyl (C=O) groups is 1. The summed E-state index contributed by atoms with van der Waals surface area (Å²) in [6.07, 6.45) is 3.35. The number of nitrogens with zero attached hydrogens (tertiary/aromatic N) is 2. The number of carbonyl (C=O) groups excluding carboxylic acids is 1. The smallest absolute Gasteiger partial charge is 0.252 e. The molecule has 1 amide bonds. The SMILES string of the molecule is CCN(CC)C(CNC(=O)c1cc(S(=O)(=O)N2CCCC2)ccc1Br)c1ccco1. The average Bonchev–Trinajstić information content (AvgIpc) is 3.45. The van der Waals surface area contributed by atoms with Gasteiger partial charge in [0.05, 0.1) is 22.8 Å². The molecule has 0 bridgehead atoms. The van der Waals surface area contributed by atoms with Gasteiger partial charge in [-0.25, -0.2) is 8.42 Å². The van der Waals surface area contributed by atoms with Crippen molar-refractivity contribution in [3.63, 3.8) is 0 Å². The van der Waals surface area contributed by atoms with Crippen molar-refractivity contribution in [3.8, 4) is 0 Å². The van der Waals surface area contributed by atoms with Crippen molar-refractivity contribution in [1.29, 1.82) is 0 Å². The van der Waals surface area contributed by atoms with E-state index in [-0.39, 0.29) is 16.8 Å². The molecule has 7 nitrogen and oxygen atoms in total. The normalized spacial score (nSPS) is 16.1. The van der Waals surface area contributed by atoms with Crippen LogP contribution in [0.3, 0.4) is 0 Å². The molecule has 3 rings (SSSR count). The average molecular weight is 498 g/mol. The Kier molecular flexibility index (Phi) is 7.73. The molecule has 1 aromatic carbocycles. The molecule has 1 fully saturated rings. The van der Waals surface area contributed by atoms with Crippen molar-refractivity contribution in [2.45, 2.75) is 37.6 Å². The molecule has 9 heteroatoms. The van der Waals surface area contributed by atoms with Gasteiger partial charge in [-0.3, -0.25) is 9.69 Å². The summed E-state index contributed by atoms with van der Waals surface area (Å²) in [5.74, 6) is 0.451. The number of sulfonamides is 1. The predicted octanol–water partition coefficient (Wildman–Crippen LogP) is 3.64. The minimum Gasteiger partial charge on any atom is -0.468 e. The van der Waals surface area contributed by atoms with Crippen LogP contribution >= 0.6 is 15.9 Å². The van der Waals surface area contributed by atoms with Crippen molar-refractivity contribution in [2.75, 3.05) is 32.7 Å². The van der Waals surface area contributed by atoms with E-state index in [0.717, 1.165) is 31.7 Å². The molecule has 164 valence electrons. The molecule has 0 saturated carbocycles. The minimum atomic E-state index is -3.59. The second kappa shape index (κ2) is 10.1. The van der Waals surface area contributed by atoms with Crippen LogP contribution in [-0.4, -0.2) is 56.3 Å². The Morgan fingerprint density at radius 2 is 1.93 bits per heavy atom. The van der Waals surface area contributed by atoms with E-state index in [1.807, 2.05) is 12.1 Å². The van der Waals surface area contributed by atoms with Gasteiger partial charge in [0.2, 0.25) is 10.0 Å². The lowest BCUT2D eigenvalue weighted by atomic mass is 10.1. The van der Waals surface area contributed by atoms with Crippen molar-refractivity contribution < 1.29 is 17.6 Å². The molecule has 0 aliphatic carbocycles. The zero-order valence-electron chi connectivity index (χ0n) is 17.3. The number of furan rings is 1. The fourth-order valence-corrected chi connectivity index (χ4v) is 5.73. The number of hydrogen-bond donors (Lipinski definition) is 1. The topological polar surface area (TPSA) is 82.9 Å². The molecule has 1 aliphatic heterocycles. The van der Waals surface area contributed by atoms with Gasteiger partial charge < -0.3 is 9.73 Å². The van der Waals surface area contributed by atoms with E-state index < -0.39 is 10.0 Å². The zero-order valence-corrected chi connectivity index (χ0v) is 19.7. The van der Waals surface area contributed by atoms with Crippen molar-refractivity contribution in [2.24, 2.45) is 0 Å². The Balaban J connectivity index is 1.79. The third-order valence-corrected chi connectivity index (χ3v) is 8.05. The lowest BCUT2D eigenvalue weighted by molar-refractivity contribution is 0.0928. The molecular formula is C21H28BrN3O4S. The molecule has 1 saturated heterocycles. The van der Waals surface area contributed by atoms with Gasteiger partial charge in [-0.1, -0.05) is 13.8 Å². The number of amides is 1. The van der Waals surface area contributed by atoms with Crippen molar-refractivity contribution in [1.82, 2.24) is 14.5 Å². The molecule has 30 heavy (non-hydrogen) atoms. The molecule has 1 N–H and O–H groups in total. The Hall–Kier alpha value is -1.68. The number of hydrogen-bond acceptors (Lipinski definition) is 5. The third kappa shape index (κ3) is 4.96. The van der Waals surface area contributed by atoms with Gasteiger partial charge in [-0.05, 0) is 72.2 Å². The second-order valence-electron chi connectivity index (χ2n) is 7.22. The summed E-state index contributed by atoms with van der Waals surface area (Å²) < 4.78 is 33.3. The first-order valence-electron chi connectivity index (χ1n) is 10.2. The van der Waals surface area contributed by atoms with Crippen LogP contribution in [0.5, 0.6) is 0 Å². The second-order valence-corrected chi connectivity index (χ2v) is 10.0. The molecule has 2 heterocycles. The van der Waals surface area contributed by atoms with Crippen LogP contribution in [0.2, 0.25) is 0 Å². The van der Waals surface area contributed by atoms with Crippen LogP contribution in [0, 0.1) is 0 Å². The van der Waals surface area contributed by atoms with Crippen LogP contribution in [0.25, 0.3) is 0 Å². The summed E-state index contributed by atoms with van der Waals surface area (Å²) in [6.45, 7) is 7.14. The fraction of sp³-hybridized carbons (Fsp3) is 0.476. The largest absolute Gasteiger partial charge is 0.468 e. The Morgan fingerprint density at radius 1 is 1.23 bits per heavy atom. The maximum absolute atomic E-state index is 12.9. The van der Waals surface area contributed by atoms with Gasteiger partial charge >= 0.3 is 0 Å². The van der Waals surface area contributed by atoms with E-state index in [1.165, 1.54) is 16.4 Å². The summed E-state index contributed by atoms with van der Waals surface area (Å²) >= 11 is 3.39. The third-order valence-electron chi connectivity index (χ3n) is 5.47. The van der Waals surface area contributed by atoms with Gasteiger partial charge in [0, 0.05) is 24.1 Å². The summed E-state index contributed by atoms with van der Waals surface area (Å²) in [6, 6.07) is 8.23. The molecule has 1 aliphatic rings. The standard InChI is InChI=1S/C21H28BrN3O4S/c1-3-24(4-2)19(20-8-7-13-29-20)15-23-21(26)17-14-16(9-10-18(17)22)30(27,28)25-11-5-6-12-25/h7-10,13-14,19H,3-6,11-12,15H2,1-2H3,(H,23,26). The van der Waals surface area contributed by atoms with Crippen LogP contribution in [0.4, 0.5) is 0 Å². The maximum Gasteiger partial charge on any atom is 0.252 e. The van der Waals surface area contributed by atoms with E-state index in [1.54, 1.807) is 12.3 Å². The highest BCUT2D eigenvalue weighted by molar-refractivity contribution is 9.10. The van der Waals surface area contributed by atoms with Crippen molar-refractivity contribution in [3.05, 3.63) is 52.4 Å². The van der Waals surface area contributed by atoms with Crippen LogP contribution in [0.1, 0.15) is 48.8 Å². The lowest BCUT2D eigenvalue weighted by Gasteiger charge is -2.28. The summed E-state index contributed by atoms with van der Waals surface area (Å²) in [5.41, 5.74) is 0.299. The predicted molar refractivity (Wildman–Crippen MR) is 119 cm³/mol. The van der Waals surface area contributed by atoms with E-state index >= 15 is 0 Å². The van der Waals surface area contributed by atoms with E-state index in [9.17, 15) is 13.2 Å². The maximum atomic E-state index is 12.9. The van der Waals surface area contributed by atoms with Gasteiger partial charge in [0.15, 0.2) is 0 Å². The highest BCUT2D eigenvalue weighted by Gasteiger charge is 2.28.